The van der Waals surface area contributed by atoms with Crippen LogP contribution in [-0.2, 0) is 0 Å². The molecule has 1 atom stereocenters. The van der Waals surface area contributed by atoms with Crippen LogP contribution in [0.3, 0.4) is 0 Å². The van der Waals surface area contributed by atoms with E-state index >= 15 is 0 Å². The quantitative estimate of drug-likeness (QED) is 0.921. The molecule has 2 aromatic rings. The third-order valence-corrected chi connectivity index (χ3v) is 4.37. The van der Waals surface area contributed by atoms with Crippen LogP contribution in [0.2, 0.25) is 5.02 Å². The summed E-state index contributed by atoms with van der Waals surface area (Å²) in [6.07, 6.45) is 0.00312. The molecule has 22 heavy (non-hydrogen) atoms. The molecule has 0 fully saturated rings. The van der Waals surface area contributed by atoms with Crippen molar-refractivity contribution < 1.29 is 4.74 Å². The van der Waals surface area contributed by atoms with Gasteiger partial charge in [-0.3, -0.25) is 4.99 Å². The summed E-state index contributed by atoms with van der Waals surface area (Å²) in [5.41, 5.74) is 3.22. The number of fused-ring (bicyclic) bond motifs is 3. The largest absolute Gasteiger partial charge is 0.496 e. The predicted molar refractivity (Wildman–Crippen MR) is 88.9 cm³/mol. The van der Waals surface area contributed by atoms with Crippen molar-refractivity contribution in [2.75, 3.05) is 25.5 Å². The lowest BCUT2D eigenvalue weighted by molar-refractivity contribution is 0.347. The molecule has 1 N–H and O–H groups in total. The topological polar surface area (TPSA) is 36.9 Å². The van der Waals surface area contributed by atoms with Gasteiger partial charge in [0.1, 0.15) is 17.8 Å². The summed E-state index contributed by atoms with van der Waals surface area (Å²) in [6.45, 7) is 1.71. The smallest absolute Gasteiger partial charge is 0.135 e. The van der Waals surface area contributed by atoms with E-state index in [-0.39, 0.29) is 6.17 Å². The van der Waals surface area contributed by atoms with Gasteiger partial charge < -0.3 is 15.0 Å². The molecule has 0 aromatic heterocycles. The summed E-state index contributed by atoms with van der Waals surface area (Å²) in [6, 6.07) is 14.0. The summed E-state index contributed by atoms with van der Waals surface area (Å²) < 4.78 is 5.53. The molecule has 0 spiro atoms. The molecule has 2 aliphatic heterocycles. The Morgan fingerprint density at radius 3 is 3.00 bits per heavy atom. The first-order valence-electron chi connectivity index (χ1n) is 7.28. The number of aliphatic imine (C=N–C) groups is 1. The molecule has 4 nitrogen and oxygen atoms in total. The van der Waals surface area contributed by atoms with Crippen LogP contribution in [0.1, 0.15) is 17.3 Å². The minimum absolute atomic E-state index is 0.00312. The maximum atomic E-state index is 6.15. The molecule has 5 heteroatoms. The van der Waals surface area contributed by atoms with Crippen LogP contribution in [-0.4, -0.2) is 30.9 Å². The molecule has 0 aliphatic carbocycles. The highest BCUT2D eigenvalue weighted by Crippen LogP contribution is 2.39. The van der Waals surface area contributed by atoms with Gasteiger partial charge in [0.25, 0.3) is 0 Å². The number of nitrogens with one attached hydrogen (secondary N) is 1. The number of ether oxygens (including phenoxy) is 1. The fraction of sp³-hybridized carbons (Fsp3) is 0.235. The van der Waals surface area contributed by atoms with Gasteiger partial charge in [0.2, 0.25) is 0 Å². The summed E-state index contributed by atoms with van der Waals surface area (Å²) in [5.74, 6) is 1.90. The maximum Gasteiger partial charge on any atom is 0.135 e. The lowest BCUT2D eigenvalue weighted by Gasteiger charge is -2.38. The molecule has 2 aromatic carbocycles. The van der Waals surface area contributed by atoms with Gasteiger partial charge in [-0.2, -0.15) is 0 Å². The minimum Gasteiger partial charge on any atom is -0.496 e. The zero-order chi connectivity index (χ0) is 15.1. The van der Waals surface area contributed by atoms with E-state index in [0.29, 0.717) is 0 Å². The van der Waals surface area contributed by atoms with Gasteiger partial charge in [0, 0.05) is 28.4 Å². The third kappa shape index (κ3) is 2.03. The molecule has 0 radical (unpaired) electrons. The van der Waals surface area contributed by atoms with E-state index < -0.39 is 0 Å². The molecule has 2 aliphatic rings. The van der Waals surface area contributed by atoms with Gasteiger partial charge in [-0.1, -0.05) is 29.8 Å². The van der Waals surface area contributed by atoms with Crippen LogP contribution >= 0.6 is 11.6 Å². The van der Waals surface area contributed by atoms with Gasteiger partial charge in [-0.15, -0.1) is 0 Å². The fourth-order valence-electron chi connectivity index (χ4n) is 3.15. The summed E-state index contributed by atoms with van der Waals surface area (Å²) in [7, 11) is 1.70. The standard InChI is InChI=1S/C17H16ClN3O/c1-22-15-5-3-2-4-13(15)17-20-14-10-11(18)6-7-12(14)16-19-8-9-21(16)17/h2-7,10,17,20H,8-9H2,1H3. The highest BCUT2D eigenvalue weighted by Gasteiger charge is 2.34. The number of rotatable bonds is 2. The van der Waals surface area contributed by atoms with E-state index in [2.05, 4.69) is 21.3 Å². The molecule has 0 bridgehead atoms. The van der Waals surface area contributed by atoms with Gasteiger partial charge in [-0.05, 0) is 24.3 Å². The van der Waals surface area contributed by atoms with Gasteiger partial charge >= 0.3 is 0 Å². The Hall–Kier alpha value is -2.20. The molecule has 112 valence electrons. The van der Waals surface area contributed by atoms with Crippen molar-refractivity contribution in [2.24, 2.45) is 4.99 Å². The van der Waals surface area contributed by atoms with Crippen molar-refractivity contribution >= 4 is 23.1 Å². The molecule has 0 saturated heterocycles. The Kier molecular flexibility index (Phi) is 3.19. The van der Waals surface area contributed by atoms with Crippen LogP contribution in [0.15, 0.2) is 47.5 Å². The van der Waals surface area contributed by atoms with E-state index in [1.807, 2.05) is 36.4 Å². The first kappa shape index (κ1) is 13.5. The Morgan fingerprint density at radius 2 is 2.14 bits per heavy atom. The monoisotopic (exact) mass is 313 g/mol. The normalized spacial score (nSPS) is 19.1. The van der Waals surface area contributed by atoms with E-state index in [4.69, 9.17) is 16.3 Å². The zero-order valence-corrected chi connectivity index (χ0v) is 13.0. The molecule has 0 saturated carbocycles. The van der Waals surface area contributed by atoms with E-state index in [0.717, 1.165) is 46.5 Å². The molecule has 2 heterocycles. The maximum absolute atomic E-state index is 6.15. The van der Waals surface area contributed by atoms with Crippen molar-refractivity contribution in [1.82, 2.24) is 4.90 Å². The average Bonchev–Trinajstić information content (AvgIpc) is 3.03. The molecule has 4 rings (SSSR count). The lowest BCUT2D eigenvalue weighted by atomic mass is 10.0. The van der Waals surface area contributed by atoms with Crippen molar-refractivity contribution in [2.45, 2.75) is 6.17 Å². The number of para-hydroxylation sites is 1. The number of hydrogen-bond acceptors (Lipinski definition) is 4. The highest BCUT2D eigenvalue weighted by molar-refractivity contribution is 6.31. The second-order valence-corrected chi connectivity index (χ2v) is 5.81. The second kappa shape index (κ2) is 5.21. The molecule has 1 unspecified atom stereocenters. The van der Waals surface area contributed by atoms with Gasteiger partial charge in [0.05, 0.1) is 13.7 Å². The van der Waals surface area contributed by atoms with Crippen molar-refractivity contribution in [1.29, 1.82) is 0 Å². The number of benzene rings is 2. The number of nitrogens with zero attached hydrogens (tertiary/aromatic N) is 2. The van der Waals surface area contributed by atoms with E-state index in [9.17, 15) is 0 Å². The molecule has 0 amide bonds. The van der Waals surface area contributed by atoms with Crippen LogP contribution in [0.5, 0.6) is 5.75 Å². The second-order valence-electron chi connectivity index (χ2n) is 5.38. The fourth-order valence-corrected chi connectivity index (χ4v) is 3.32. The highest BCUT2D eigenvalue weighted by atomic mass is 35.5. The number of hydrogen-bond donors (Lipinski definition) is 1. The SMILES string of the molecule is COc1ccccc1C1Nc2cc(Cl)ccc2C2=NCCN21. The van der Waals surface area contributed by atoms with Crippen LogP contribution < -0.4 is 10.1 Å². The Morgan fingerprint density at radius 1 is 1.27 bits per heavy atom. The average molecular weight is 314 g/mol. The Labute approximate surface area is 134 Å². The number of amidine groups is 1. The van der Waals surface area contributed by atoms with E-state index in [1.165, 1.54) is 0 Å². The molecular formula is C17H16ClN3O. The van der Waals surface area contributed by atoms with Crippen LogP contribution in [0.4, 0.5) is 5.69 Å². The Balaban J connectivity index is 1.84. The van der Waals surface area contributed by atoms with Crippen molar-refractivity contribution in [3.63, 3.8) is 0 Å². The van der Waals surface area contributed by atoms with Crippen molar-refractivity contribution in [3.05, 3.63) is 58.6 Å². The summed E-state index contributed by atoms with van der Waals surface area (Å²) in [5, 5.41) is 4.30. The number of anilines is 1. The number of methoxy groups -OCH3 is 1. The van der Waals surface area contributed by atoms with Gasteiger partial charge in [0.15, 0.2) is 0 Å². The predicted octanol–water partition coefficient (Wildman–Crippen LogP) is 3.54. The number of halogens is 1. The molecular weight excluding hydrogens is 298 g/mol. The minimum atomic E-state index is 0.00312. The lowest BCUT2D eigenvalue weighted by Crippen LogP contribution is -2.41. The van der Waals surface area contributed by atoms with Crippen LogP contribution in [0, 0.1) is 0 Å². The van der Waals surface area contributed by atoms with E-state index in [1.54, 1.807) is 7.11 Å². The van der Waals surface area contributed by atoms with Crippen LogP contribution in [0.25, 0.3) is 0 Å². The first-order valence-corrected chi connectivity index (χ1v) is 7.66. The first-order chi connectivity index (χ1) is 10.8. The Bertz CT molecular complexity index is 759. The summed E-state index contributed by atoms with van der Waals surface area (Å²) >= 11 is 6.15. The summed E-state index contributed by atoms with van der Waals surface area (Å²) in [4.78, 5) is 6.96. The van der Waals surface area contributed by atoms with Gasteiger partial charge in [-0.25, -0.2) is 0 Å². The zero-order valence-electron chi connectivity index (χ0n) is 12.2. The third-order valence-electron chi connectivity index (χ3n) is 4.13. The van der Waals surface area contributed by atoms with Crippen molar-refractivity contribution in [3.8, 4) is 5.75 Å².